The number of rotatable bonds is 6. The highest BCUT2D eigenvalue weighted by Crippen LogP contribution is 2.14. The Morgan fingerprint density at radius 1 is 1.35 bits per heavy atom. The Labute approximate surface area is 114 Å². The van der Waals surface area contributed by atoms with E-state index in [0.717, 1.165) is 5.56 Å². The fourth-order valence-electron chi connectivity index (χ4n) is 1.46. The van der Waals surface area contributed by atoms with Crippen molar-refractivity contribution in [2.24, 2.45) is 0 Å². The Balaban J connectivity index is 2.36. The van der Waals surface area contributed by atoms with E-state index in [9.17, 15) is 23.1 Å². The van der Waals surface area contributed by atoms with Crippen molar-refractivity contribution in [2.45, 2.75) is 25.6 Å². The summed E-state index contributed by atoms with van der Waals surface area (Å²) in [6.45, 7) is -0.191. The van der Waals surface area contributed by atoms with E-state index >= 15 is 0 Å². The lowest BCUT2D eigenvalue weighted by molar-refractivity contribution is -0.139. The topological polar surface area (TPSA) is 58.6 Å². The minimum atomic E-state index is -4.43. The van der Waals surface area contributed by atoms with Crippen LogP contribution in [0, 0.1) is 0 Å². The first-order chi connectivity index (χ1) is 9.26. The maximum atomic E-state index is 11.9. The molecular formula is C13H16F3NO3. The average molecular weight is 291 g/mol. The smallest absolute Gasteiger partial charge is 0.405 e. The standard InChI is InChI=1S/C13H16F3NO3/c1-9(18)6-10-2-4-11(5-3-10)20-7-12(19)17-8-13(14,15)16/h2-5,9,18H,6-8H2,1H3,(H,17,19). The van der Waals surface area contributed by atoms with Gasteiger partial charge in [0.2, 0.25) is 0 Å². The number of halogens is 3. The zero-order chi connectivity index (χ0) is 15.2. The minimum Gasteiger partial charge on any atom is -0.484 e. The number of aliphatic hydroxyl groups excluding tert-OH is 1. The third-order valence-electron chi connectivity index (χ3n) is 2.31. The molecule has 0 aromatic heterocycles. The van der Waals surface area contributed by atoms with Gasteiger partial charge < -0.3 is 15.2 Å². The molecule has 7 heteroatoms. The van der Waals surface area contributed by atoms with Crippen LogP contribution in [-0.4, -0.2) is 36.4 Å². The summed E-state index contributed by atoms with van der Waals surface area (Å²) in [5.41, 5.74) is 0.897. The lowest BCUT2D eigenvalue weighted by Gasteiger charge is -2.10. The molecule has 0 saturated carbocycles. The van der Waals surface area contributed by atoms with E-state index in [0.29, 0.717) is 12.2 Å². The van der Waals surface area contributed by atoms with Crippen LogP contribution in [0.5, 0.6) is 5.75 Å². The van der Waals surface area contributed by atoms with Gasteiger partial charge >= 0.3 is 6.18 Å². The second kappa shape index (κ2) is 7.14. The van der Waals surface area contributed by atoms with Crippen molar-refractivity contribution in [3.8, 4) is 5.75 Å². The molecule has 0 bridgehead atoms. The number of alkyl halides is 3. The van der Waals surface area contributed by atoms with Crippen LogP contribution < -0.4 is 10.1 Å². The van der Waals surface area contributed by atoms with Gasteiger partial charge in [-0.25, -0.2) is 0 Å². The molecule has 0 aliphatic heterocycles. The number of amides is 1. The lowest BCUT2D eigenvalue weighted by atomic mass is 10.1. The number of benzene rings is 1. The van der Waals surface area contributed by atoms with Crippen LogP contribution in [0.3, 0.4) is 0 Å². The molecule has 0 aliphatic rings. The molecule has 112 valence electrons. The van der Waals surface area contributed by atoms with Crippen LogP contribution in [0.2, 0.25) is 0 Å². The van der Waals surface area contributed by atoms with E-state index in [1.165, 1.54) is 0 Å². The quantitative estimate of drug-likeness (QED) is 0.838. The van der Waals surface area contributed by atoms with Crippen LogP contribution >= 0.6 is 0 Å². The molecule has 0 heterocycles. The number of carbonyl (C=O) groups excluding carboxylic acids is 1. The zero-order valence-corrected chi connectivity index (χ0v) is 10.9. The van der Waals surface area contributed by atoms with Crippen molar-refractivity contribution in [1.82, 2.24) is 5.32 Å². The first-order valence-electron chi connectivity index (χ1n) is 5.99. The number of hydrogen-bond acceptors (Lipinski definition) is 3. The van der Waals surface area contributed by atoms with Gasteiger partial charge in [0.05, 0.1) is 6.10 Å². The van der Waals surface area contributed by atoms with E-state index in [1.54, 1.807) is 36.5 Å². The van der Waals surface area contributed by atoms with Crippen molar-refractivity contribution in [1.29, 1.82) is 0 Å². The number of nitrogens with one attached hydrogen (secondary N) is 1. The van der Waals surface area contributed by atoms with Crippen molar-refractivity contribution < 1.29 is 27.8 Å². The van der Waals surface area contributed by atoms with Crippen molar-refractivity contribution in [2.75, 3.05) is 13.2 Å². The van der Waals surface area contributed by atoms with Crippen molar-refractivity contribution in [3.05, 3.63) is 29.8 Å². The fraction of sp³-hybridized carbons (Fsp3) is 0.462. The van der Waals surface area contributed by atoms with Gasteiger partial charge in [0.25, 0.3) is 5.91 Å². The maximum absolute atomic E-state index is 11.9. The zero-order valence-electron chi connectivity index (χ0n) is 10.9. The van der Waals surface area contributed by atoms with E-state index in [-0.39, 0.29) is 0 Å². The molecule has 0 spiro atoms. The predicted molar refractivity (Wildman–Crippen MR) is 66.4 cm³/mol. The van der Waals surface area contributed by atoms with Gasteiger partial charge in [0.1, 0.15) is 12.3 Å². The average Bonchev–Trinajstić information content (AvgIpc) is 2.34. The van der Waals surface area contributed by atoms with Gasteiger partial charge in [-0.3, -0.25) is 4.79 Å². The Kier molecular flexibility index (Phi) is 5.82. The van der Waals surface area contributed by atoms with Crippen LogP contribution in [0.15, 0.2) is 24.3 Å². The summed E-state index contributed by atoms with van der Waals surface area (Å²) in [7, 11) is 0. The molecule has 1 aromatic carbocycles. The van der Waals surface area contributed by atoms with Crippen molar-refractivity contribution in [3.63, 3.8) is 0 Å². The van der Waals surface area contributed by atoms with Crippen LogP contribution in [-0.2, 0) is 11.2 Å². The molecule has 1 aromatic rings. The van der Waals surface area contributed by atoms with Gasteiger partial charge in [-0.15, -0.1) is 0 Å². The number of aliphatic hydroxyl groups is 1. The summed E-state index contributed by atoms with van der Waals surface area (Å²) >= 11 is 0. The van der Waals surface area contributed by atoms with Gasteiger partial charge in [-0.2, -0.15) is 13.2 Å². The molecule has 1 unspecified atom stereocenters. The highest BCUT2D eigenvalue weighted by Gasteiger charge is 2.27. The van der Waals surface area contributed by atoms with E-state index in [1.807, 2.05) is 0 Å². The maximum Gasteiger partial charge on any atom is 0.405 e. The molecule has 2 N–H and O–H groups in total. The summed E-state index contributed by atoms with van der Waals surface area (Å²) in [5.74, 6) is -0.461. The monoisotopic (exact) mass is 291 g/mol. The molecule has 0 radical (unpaired) electrons. The second-order valence-corrected chi connectivity index (χ2v) is 4.38. The highest BCUT2D eigenvalue weighted by molar-refractivity contribution is 5.77. The lowest BCUT2D eigenvalue weighted by Crippen LogP contribution is -2.36. The third-order valence-corrected chi connectivity index (χ3v) is 2.31. The minimum absolute atomic E-state index is 0.376. The van der Waals surface area contributed by atoms with Crippen LogP contribution in [0.1, 0.15) is 12.5 Å². The molecule has 20 heavy (non-hydrogen) atoms. The number of hydrogen-bond donors (Lipinski definition) is 2. The molecule has 1 amide bonds. The third kappa shape index (κ3) is 6.98. The Morgan fingerprint density at radius 3 is 2.45 bits per heavy atom. The fourth-order valence-corrected chi connectivity index (χ4v) is 1.46. The largest absolute Gasteiger partial charge is 0.484 e. The normalized spacial score (nSPS) is 12.8. The molecular weight excluding hydrogens is 275 g/mol. The number of carbonyl (C=O) groups is 1. The first-order valence-corrected chi connectivity index (χ1v) is 5.99. The molecule has 0 aliphatic carbocycles. The van der Waals surface area contributed by atoms with E-state index in [4.69, 9.17) is 4.74 Å². The summed E-state index contributed by atoms with van der Waals surface area (Å²) in [6, 6.07) is 6.62. The van der Waals surface area contributed by atoms with Crippen LogP contribution in [0.4, 0.5) is 13.2 Å². The second-order valence-electron chi connectivity index (χ2n) is 4.38. The summed E-state index contributed by atoms with van der Waals surface area (Å²) in [5, 5.41) is 10.9. The first kappa shape index (κ1) is 16.3. The van der Waals surface area contributed by atoms with Crippen LogP contribution in [0.25, 0.3) is 0 Å². The van der Waals surface area contributed by atoms with Crippen molar-refractivity contribution >= 4 is 5.91 Å². The highest BCUT2D eigenvalue weighted by atomic mass is 19.4. The van der Waals surface area contributed by atoms with Gasteiger partial charge in [-0.1, -0.05) is 12.1 Å². The summed E-state index contributed by atoms with van der Waals surface area (Å²) in [4.78, 5) is 11.1. The summed E-state index contributed by atoms with van der Waals surface area (Å²) in [6.07, 6.45) is -4.40. The Morgan fingerprint density at radius 2 is 1.95 bits per heavy atom. The van der Waals surface area contributed by atoms with Gasteiger partial charge in [0, 0.05) is 0 Å². The summed E-state index contributed by atoms with van der Waals surface area (Å²) < 4.78 is 40.6. The predicted octanol–water partition coefficient (Wildman–Crippen LogP) is 1.67. The molecule has 0 saturated heterocycles. The number of ether oxygens (including phenoxy) is 1. The molecule has 1 atom stereocenters. The molecule has 1 rings (SSSR count). The molecule has 0 fully saturated rings. The Hall–Kier alpha value is -1.76. The van der Waals surface area contributed by atoms with Gasteiger partial charge in [-0.05, 0) is 31.0 Å². The Bertz CT molecular complexity index is 429. The molecule has 4 nitrogen and oxygen atoms in total. The van der Waals surface area contributed by atoms with Gasteiger partial charge in [0.15, 0.2) is 6.61 Å². The van der Waals surface area contributed by atoms with E-state index in [2.05, 4.69) is 0 Å². The SMILES string of the molecule is CC(O)Cc1ccc(OCC(=O)NCC(F)(F)F)cc1. The van der Waals surface area contributed by atoms with E-state index < -0.39 is 31.3 Å².